The summed E-state index contributed by atoms with van der Waals surface area (Å²) in [6.07, 6.45) is 1.05. The maximum Gasteiger partial charge on any atom is 0.410 e. The number of hydrogen-bond donors (Lipinski definition) is 1. The minimum atomic E-state index is -0.710. The molecule has 0 spiro atoms. The maximum atomic E-state index is 13.6. The molecule has 1 saturated heterocycles. The average Bonchev–Trinajstić information content (AvgIpc) is 2.61. The zero-order valence-corrected chi connectivity index (χ0v) is 17.1. The molecule has 0 aliphatic carbocycles. The lowest BCUT2D eigenvalue weighted by Crippen LogP contribution is -2.43. The summed E-state index contributed by atoms with van der Waals surface area (Å²) in [6, 6.07) is 3.57. The van der Waals surface area contributed by atoms with E-state index in [1.807, 2.05) is 27.7 Å². The van der Waals surface area contributed by atoms with Gasteiger partial charge in [0.25, 0.3) is 0 Å². The first-order valence-electron chi connectivity index (χ1n) is 9.74. The van der Waals surface area contributed by atoms with Gasteiger partial charge in [0.15, 0.2) is 0 Å². The van der Waals surface area contributed by atoms with E-state index in [-0.39, 0.29) is 24.0 Å². The van der Waals surface area contributed by atoms with Crippen molar-refractivity contribution in [2.75, 3.05) is 19.6 Å². The van der Waals surface area contributed by atoms with Crippen LogP contribution in [-0.2, 0) is 16.0 Å². The number of nitrogens with zero attached hydrogens (tertiary/aromatic N) is 1. The SMILES string of the molecule is CC(CNC(=O)Cc1c(F)cccc1F)C1CCN(C(=O)OC(C)(C)C)CC1. The number of piperidine rings is 1. The Balaban J connectivity index is 1.76. The second-order valence-corrected chi connectivity index (χ2v) is 8.46. The van der Waals surface area contributed by atoms with E-state index < -0.39 is 23.1 Å². The van der Waals surface area contributed by atoms with Gasteiger partial charge in [-0.2, -0.15) is 0 Å². The second kappa shape index (κ2) is 9.34. The van der Waals surface area contributed by atoms with Crippen molar-refractivity contribution >= 4 is 12.0 Å². The molecule has 1 aromatic carbocycles. The molecule has 1 fully saturated rings. The number of hydrogen-bond acceptors (Lipinski definition) is 3. The number of halogens is 2. The molecule has 7 heteroatoms. The van der Waals surface area contributed by atoms with Crippen molar-refractivity contribution in [3.63, 3.8) is 0 Å². The Morgan fingerprint density at radius 1 is 1.21 bits per heavy atom. The number of likely N-dealkylation sites (tertiary alicyclic amines) is 1. The zero-order chi connectivity index (χ0) is 20.9. The molecule has 156 valence electrons. The van der Waals surface area contributed by atoms with Gasteiger partial charge < -0.3 is 15.0 Å². The highest BCUT2D eigenvalue weighted by molar-refractivity contribution is 5.78. The van der Waals surface area contributed by atoms with E-state index >= 15 is 0 Å². The van der Waals surface area contributed by atoms with Crippen LogP contribution in [0.5, 0.6) is 0 Å². The molecule has 1 aliphatic rings. The fraction of sp³-hybridized carbons (Fsp3) is 0.619. The third-order valence-corrected chi connectivity index (χ3v) is 5.02. The molecule has 1 heterocycles. The summed E-state index contributed by atoms with van der Waals surface area (Å²) >= 11 is 0. The molecule has 1 N–H and O–H groups in total. The molecular weight excluding hydrogens is 366 g/mol. The van der Waals surface area contributed by atoms with Gasteiger partial charge in [-0.1, -0.05) is 13.0 Å². The highest BCUT2D eigenvalue weighted by atomic mass is 19.1. The Morgan fingerprint density at radius 3 is 2.32 bits per heavy atom. The maximum absolute atomic E-state index is 13.6. The van der Waals surface area contributed by atoms with Crippen molar-refractivity contribution < 1.29 is 23.1 Å². The Bertz CT molecular complexity index is 675. The van der Waals surface area contributed by atoms with Gasteiger partial charge in [-0.15, -0.1) is 0 Å². The number of benzene rings is 1. The van der Waals surface area contributed by atoms with E-state index in [9.17, 15) is 18.4 Å². The zero-order valence-electron chi connectivity index (χ0n) is 17.1. The molecule has 1 aliphatic heterocycles. The summed E-state index contributed by atoms with van der Waals surface area (Å²) in [5.41, 5.74) is -0.721. The first kappa shape index (κ1) is 22.1. The predicted molar refractivity (Wildman–Crippen MR) is 103 cm³/mol. The topological polar surface area (TPSA) is 58.6 Å². The Morgan fingerprint density at radius 2 is 1.79 bits per heavy atom. The third-order valence-electron chi connectivity index (χ3n) is 5.02. The monoisotopic (exact) mass is 396 g/mol. The summed E-state index contributed by atoms with van der Waals surface area (Å²) in [4.78, 5) is 25.9. The van der Waals surface area contributed by atoms with Crippen LogP contribution >= 0.6 is 0 Å². The van der Waals surface area contributed by atoms with Crippen LogP contribution in [0.3, 0.4) is 0 Å². The molecule has 1 atom stereocenters. The number of ether oxygens (including phenoxy) is 1. The van der Waals surface area contributed by atoms with Crippen molar-refractivity contribution in [3.8, 4) is 0 Å². The summed E-state index contributed by atoms with van der Waals surface area (Å²) in [6.45, 7) is 9.25. The van der Waals surface area contributed by atoms with Gasteiger partial charge in [0.05, 0.1) is 6.42 Å². The molecule has 5 nitrogen and oxygen atoms in total. The van der Waals surface area contributed by atoms with Crippen molar-refractivity contribution in [1.29, 1.82) is 0 Å². The van der Waals surface area contributed by atoms with E-state index in [2.05, 4.69) is 5.32 Å². The standard InChI is InChI=1S/C21H30F2N2O3/c1-14(13-24-19(26)12-16-17(22)6-5-7-18(16)23)15-8-10-25(11-9-15)20(27)28-21(2,3)4/h5-7,14-15H,8-13H2,1-4H3,(H,24,26). The third kappa shape index (κ3) is 6.46. The lowest BCUT2D eigenvalue weighted by Gasteiger charge is -2.35. The molecule has 0 radical (unpaired) electrons. The van der Waals surface area contributed by atoms with E-state index in [0.29, 0.717) is 25.6 Å². The quantitative estimate of drug-likeness (QED) is 0.821. The number of rotatable bonds is 5. The number of nitrogens with one attached hydrogen (secondary N) is 1. The molecule has 1 unspecified atom stereocenters. The van der Waals surface area contributed by atoms with Gasteiger partial charge >= 0.3 is 6.09 Å². The van der Waals surface area contributed by atoms with E-state index in [1.54, 1.807) is 4.90 Å². The fourth-order valence-corrected chi connectivity index (χ4v) is 3.34. The summed E-state index contributed by atoms with van der Waals surface area (Å²) in [5, 5.41) is 2.77. The predicted octanol–water partition coefficient (Wildman–Crippen LogP) is 3.91. The molecule has 1 aromatic rings. The molecule has 0 saturated carbocycles. The van der Waals surface area contributed by atoms with Crippen LogP contribution in [0.1, 0.15) is 46.1 Å². The van der Waals surface area contributed by atoms with Crippen molar-refractivity contribution in [3.05, 3.63) is 35.4 Å². The van der Waals surface area contributed by atoms with Crippen molar-refractivity contribution in [2.45, 2.75) is 52.6 Å². The first-order valence-corrected chi connectivity index (χ1v) is 9.74. The largest absolute Gasteiger partial charge is 0.444 e. The minimum absolute atomic E-state index is 0.204. The smallest absolute Gasteiger partial charge is 0.410 e. The van der Waals surface area contributed by atoms with Crippen LogP contribution in [0, 0.1) is 23.5 Å². The first-order chi connectivity index (χ1) is 13.1. The number of amides is 2. The van der Waals surface area contributed by atoms with E-state index in [0.717, 1.165) is 25.0 Å². The van der Waals surface area contributed by atoms with Crippen molar-refractivity contribution in [1.82, 2.24) is 10.2 Å². The molecule has 28 heavy (non-hydrogen) atoms. The van der Waals surface area contributed by atoms with Crippen LogP contribution in [-0.4, -0.2) is 42.1 Å². The van der Waals surface area contributed by atoms with Gasteiger partial charge in [-0.25, -0.2) is 13.6 Å². The van der Waals surface area contributed by atoms with Crippen molar-refractivity contribution in [2.24, 2.45) is 11.8 Å². The molecule has 0 aromatic heterocycles. The lowest BCUT2D eigenvalue weighted by atomic mass is 9.85. The number of carbonyl (C=O) groups is 2. The molecule has 0 bridgehead atoms. The van der Waals surface area contributed by atoms with Crippen LogP contribution in [0.4, 0.5) is 13.6 Å². The summed E-state index contributed by atoms with van der Waals surface area (Å²) in [7, 11) is 0. The van der Waals surface area contributed by atoms with E-state index in [4.69, 9.17) is 4.74 Å². The highest BCUT2D eigenvalue weighted by Gasteiger charge is 2.29. The van der Waals surface area contributed by atoms with Crippen LogP contribution in [0.15, 0.2) is 18.2 Å². The Kier molecular flexibility index (Phi) is 7.38. The van der Waals surface area contributed by atoms with Gasteiger partial charge in [0.2, 0.25) is 5.91 Å². The summed E-state index contributed by atoms with van der Waals surface area (Å²) in [5.74, 6) is -1.25. The highest BCUT2D eigenvalue weighted by Crippen LogP contribution is 2.25. The molecule has 2 rings (SSSR count). The van der Waals surface area contributed by atoms with Crippen LogP contribution in [0.2, 0.25) is 0 Å². The molecule has 2 amide bonds. The second-order valence-electron chi connectivity index (χ2n) is 8.46. The van der Waals surface area contributed by atoms with Gasteiger partial charge in [0, 0.05) is 25.2 Å². The number of carbonyl (C=O) groups excluding carboxylic acids is 2. The van der Waals surface area contributed by atoms with Gasteiger partial charge in [-0.3, -0.25) is 4.79 Å². The lowest BCUT2D eigenvalue weighted by molar-refractivity contribution is -0.120. The van der Waals surface area contributed by atoms with E-state index in [1.165, 1.54) is 6.07 Å². The van der Waals surface area contributed by atoms with Crippen LogP contribution in [0.25, 0.3) is 0 Å². The van der Waals surface area contributed by atoms with Crippen LogP contribution < -0.4 is 5.32 Å². The summed E-state index contributed by atoms with van der Waals surface area (Å²) < 4.78 is 32.7. The Labute approximate surface area is 165 Å². The fourth-order valence-electron chi connectivity index (χ4n) is 3.34. The van der Waals surface area contributed by atoms with Gasteiger partial charge in [0.1, 0.15) is 17.2 Å². The Hall–Kier alpha value is -2.18. The normalized spacial score (nSPS) is 16.6. The molecular formula is C21H30F2N2O3. The average molecular weight is 396 g/mol. The minimum Gasteiger partial charge on any atom is -0.444 e. The van der Waals surface area contributed by atoms with Gasteiger partial charge in [-0.05, 0) is 57.6 Å².